The maximum atomic E-state index is 5.59. The first-order valence-electron chi connectivity index (χ1n) is 9.84. The Kier molecular flexibility index (Phi) is 4.52. The van der Waals surface area contributed by atoms with Crippen LogP contribution in [0.25, 0.3) is 45.2 Å². The van der Waals surface area contributed by atoms with Crippen LogP contribution in [-0.2, 0) is 0 Å². The molecule has 0 spiro atoms. The number of benzene rings is 3. The number of nitrogens with zero attached hydrogens (tertiary/aromatic N) is 2. The first-order valence-corrected chi connectivity index (χ1v) is 9.84. The molecule has 5 aromatic rings. The lowest BCUT2D eigenvalue weighted by atomic mass is 10.0. The largest absolute Gasteiger partial charge is 0.356 e. The van der Waals surface area contributed by atoms with Gasteiger partial charge >= 0.3 is 0 Å². The van der Waals surface area contributed by atoms with E-state index < -0.39 is 0 Å². The van der Waals surface area contributed by atoms with Crippen LogP contribution in [0.5, 0.6) is 0 Å². The number of aryl methyl sites for hydroxylation is 2. The van der Waals surface area contributed by atoms with Crippen LogP contribution in [0.15, 0.2) is 94.0 Å². The third-order valence-corrected chi connectivity index (χ3v) is 5.08. The van der Waals surface area contributed by atoms with Gasteiger partial charge in [0, 0.05) is 34.4 Å². The van der Waals surface area contributed by atoms with Gasteiger partial charge in [0.2, 0.25) is 0 Å². The Labute approximate surface area is 174 Å². The van der Waals surface area contributed by atoms with E-state index in [0.29, 0.717) is 0 Å². The van der Waals surface area contributed by atoms with Gasteiger partial charge in [-0.1, -0.05) is 76.0 Å². The monoisotopic (exact) mass is 392 g/mol. The SMILES string of the molecule is Cc1cccc(-c2cc(-c3cccc(-c4cc(-c5cccc(C)c5)on4)c3)no2)c1. The van der Waals surface area contributed by atoms with E-state index >= 15 is 0 Å². The minimum atomic E-state index is 0.752. The number of aromatic nitrogens is 2. The van der Waals surface area contributed by atoms with Crippen molar-refractivity contribution in [3.8, 4) is 45.2 Å². The molecule has 0 amide bonds. The standard InChI is InChI=1S/C26H20N2O2/c1-17-6-3-10-21(12-17)25-15-23(27-29-25)19-8-5-9-20(14-19)24-16-26(30-28-24)22-11-4-7-18(2)13-22/h3-16H,1-2H3. The Balaban J connectivity index is 1.46. The van der Waals surface area contributed by atoms with Crippen LogP contribution in [0.2, 0.25) is 0 Å². The number of rotatable bonds is 4. The second-order valence-corrected chi connectivity index (χ2v) is 7.47. The summed E-state index contributed by atoms with van der Waals surface area (Å²) < 4.78 is 11.2. The average Bonchev–Trinajstić information content (AvgIpc) is 3.44. The Morgan fingerprint density at radius 2 is 0.933 bits per heavy atom. The maximum absolute atomic E-state index is 5.59. The van der Waals surface area contributed by atoms with Crippen LogP contribution in [0.3, 0.4) is 0 Å². The molecule has 0 radical (unpaired) electrons. The fourth-order valence-corrected chi connectivity index (χ4v) is 3.53. The van der Waals surface area contributed by atoms with Crippen LogP contribution in [0, 0.1) is 13.8 Å². The minimum absolute atomic E-state index is 0.752. The molecular weight excluding hydrogens is 372 g/mol. The molecule has 0 saturated carbocycles. The average molecular weight is 392 g/mol. The minimum Gasteiger partial charge on any atom is -0.356 e. The van der Waals surface area contributed by atoms with Crippen LogP contribution in [0.1, 0.15) is 11.1 Å². The van der Waals surface area contributed by atoms with Gasteiger partial charge in [-0.3, -0.25) is 0 Å². The summed E-state index contributed by atoms with van der Waals surface area (Å²) in [6.45, 7) is 4.13. The second kappa shape index (κ2) is 7.48. The van der Waals surface area contributed by atoms with Crippen molar-refractivity contribution < 1.29 is 9.05 Å². The second-order valence-electron chi connectivity index (χ2n) is 7.47. The summed E-state index contributed by atoms with van der Waals surface area (Å²) in [6, 6.07) is 28.4. The predicted molar refractivity (Wildman–Crippen MR) is 118 cm³/mol. The highest BCUT2D eigenvalue weighted by Crippen LogP contribution is 2.31. The van der Waals surface area contributed by atoms with E-state index in [4.69, 9.17) is 9.05 Å². The smallest absolute Gasteiger partial charge is 0.167 e. The Morgan fingerprint density at radius 3 is 1.40 bits per heavy atom. The van der Waals surface area contributed by atoms with E-state index in [1.54, 1.807) is 0 Å². The Bertz CT molecular complexity index is 1230. The molecule has 4 heteroatoms. The molecule has 0 bridgehead atoms. The first-order chi connectivity index (χ1) is 14.7. The molecule has 0 fully saturated rings. The van der Waals surface area contributed by atoms with Crippen molar-refractivity contribution in [1.29, 1.82) is 0 Å². The van der Waals surface area contributed by atoms with Gasteiger partial charge in [0.1, 0.15) is 11.4 Å². The fraction of sp³-hybridized carbons (Fsp3) is 0.0769. The van der Waals surface area contributed by atoms with Gasteiger partial charge in [0.25, 0.3) is 0 Å². The van der Waals surface area contributed by atoms with Crippen molar-refractivity contribution in [2.45, 2.75) is 13.8 Å². The van der Waals surface area contributed by atoms with Crippen molar-refractivity contribution in [1.82, 2.24) is 10.3 Å². The van der Waals surface area contributed by atoms with Gasteiger partial charge in [0.05, 0.1) is 0 Å². The number of hydrogen-bond acceptors (Lipinski definition) is 4. The zero-order valence-electron chi connectivity index (χ0n) is 16.8. The van der Waals surface area contributed by atoms with Crippen LogP contribution in [-0.4, -0.2) is 10.3 Å². The van der Waals surface area contributed by atoms with Gasteiger partial charge in [-0.15, -0.1) is 0 Å². The summed E-state index contributed by atoms with van der Waals surface area (Å²) in [5.41, 5.74) is 7.91. The van der Waals surface area contributed by atoms with E-state index in [2.05, 4.69) is 54.5 Å². The van der Waals surface area contributed by atoms with E-state index in [0.717, 1.165) is 45.2 Å². The molecule has 0 atom stereocenters. The molecule has 3 aromatic carbocycles. The first kappa shape index (κ1) is 18.1. The summed E-state index contributed by atoms with van der Waals surface area (Å²) in [7, 11) is 0. The summed E-state index contributed by atoms with van der Waals surface area (Å²) in [6.07, 6.45) is 0. The normalized spacial score (nSPS) is 11.0. The molecule has 5 rings (SSSR count). The van der Waals surface area contributed by atoms with Gasteiger partial charge in [0.15, 0.2) is 11.5 Å². The lowest BCUT2D eigenvalue weighted by Crippen LogP contribution is -1.81. The van der Waals surface area contributed by atoms with Crippen molar-refractivity contribution >= 4 is 0 Å². The third kappa shape index (κ3) is 3.55. The van der Waals surface area contributed by atoms with Crippen LogP contribution in [0.4, 0.5) is 0 Å². The molecule has 2 aromatic heterocycles. The van der Waals surface area contributed by atoms with Crippen molar-refractivity contribution in [3.05, 3.63) is 96.1 Å². The lowest BCUT2D eigenvalue weighted by Gasteiger charge is -1.99. The fourth-order valence-electron chi connectivity index (χ4n) is 3.53. The molecule has 146 valence electrons. The van der Waals surface area contributed by atoms with Crippen LogP contribution < -0.4 is 0 Å². The van der Waals surface area contributed by atoms with Crippen molar-refractivity contribution in [3.63, 3.8) is 0 Å². The number of hydrogen-bond donors (Lipinski definition) is 0. The van der Waals surface area contributed by atoms with Crippen molar-refractivity contribution in [2.75, 3.05) is 0 Å². The molecule has 0 aliphatic heterocycles. The quantitative estimate of drug-likeness (QED) is 0.332. The van der Waals surface area contributed by atoms with Gasteiger partial charge in [-0.25, -0.2) is 0 Å². The Morgan fingerprint density at radius 1 is 0.500 bits per heavy atom. The van der Waals surface area contributed by atoms with E-state index in [-0.39, 0.29) is 0 Å². The molecule has 0 aliphatic rings. The topological polar surface area (TPSA) is 52.1 Å². The molecular formula is C26H20N2O2. The van der Waals surface area contributed by atoms with Gasteiger partial charge < -0.3 is 9.05 Å². The zero-order valence-corrected chi connectivity index (χ0v) is 16.8. The van der Waals surface area contributed by atoms with E-state index in [1.807, 2.05) is 54.6 Å². The predicted octanol–water partition coefficient (Wildman–Crippen LogP) is 6.95. The van der Waals surface area contributed by atoms with E-state index in [9.17, 15) is 0 Å². The Hall–Kier alpha value is -3.92. The van der Waals surface area contributed by atoms with Crippen LogP contribution >= 0.6 is 0 Å². The molecule has 0 saturated heterocycles. The summed E-state index contributed by atoms with van der Waals surface area (Å²) in [5.74, 6) is 1.50. The molecule has 0 unspecified atom stereocenters. The van der Waals surface area contributed by atoms with E-state index in [1.165, 1.54) is 11.1 Å². The third-order valence-electron chi connectivity index (χ3n) is 5.08. The molecule has 0 aliphatic carbocycles. The zero-order chi connectivity index (χ0) is 20.5. The summed E-state index contributed by atoms with van der Waals surface area (Å²) >= 11 is 0. The van der Waals surface area contributed by atoms with Gasteiger partial charge in [-0.2, -0.15) is 0 Å². The summed E-state index contributed by atoms with van der Waals surface area (Å²) in [5, 5.41) is 8.54. The highest BCUT2D eigenvalue weighted by molar-refractivity contribution is 5.73. The highest BCUT2D eigenvalue weighted by Gasteiger charge is 2.12. The summed E-state index contributed by atoms with van der Waals surface area (Å²) in [4.78, 5) is 0. The lowest BCUT2D eigenvalue weighted by molar-refractivity contribution is 0.434. The van der Waals surface area contributed by atoms with Crippen molar-refractivity contribution in [2.24, 2.45) is 0 Å². The molecule has 0 N–H and O–H groups in total. The molecule has 4 nitrogen and oxygen atoms in total. The maximum Gasteiger partial charge on any atom is 0.167 e. The molecule has 2 heterocycles. The van der Waals surface area contributed by atoms with Gasteiger partial charge in [-0.05, 0) is 32.0 Å². The highest BCUT2D eigenvalue weighted by atomic mass is 16.5. The molecule has 30 heavy (non-hydrogen) atoms.